The molecule has 1 saturated carbocycles. The van der Waals surface area contributed by atoms with Gasteiger partial charge in [0.05, 0.1) is 24.0 Å². The molecule has 5 heteroatoms. The van der Waals surface area contributed by atoms with Crippen LogP contribution in [-0.4, -0.2) is 29.8 Å². The minimum absolute atomic E-state index is 0.144. The fourth-order valence-electron chi connectivity index (χ4n) is 2.86. The number of nitrogens with two attached hydrogens (primary N) is 1. The predicted molar refractivity (Wildman–Crippen MR) is 66.8 cm³/mol. The van der Waals surface area contributed by atoms with Crippen molar-refractivity contribution in [2.75, 3.05) is 11.9 Å². The Bertz CT molecular complexity index is 467. The number of pyridine rings is 1. The van der Waals surface area contributed by atoms with E-state index in [0.29, 0.717) is 11.6 Å². The number of hydrogen-bond donors (Lipinski definition) is 2. The first-order valence-corrected chi connectivity index (χ1v) is 6.29. The van der Waals surface area contributed by atoms with Crippen LogP contribution in [0.2, 0.25) is 0 Å². The maximum absolute atomic E-state index is 8.69. The number of anilines is 1. The Morgan fingerprint density at radius 2 is 2.39 bits per heavy atom. The first kappa shape index (κ1) is 11.5. The minimum atomic E-state index is 0.144. The fourth-order valence-corrected chi connectivity index (χ4v) is 2.86. The largest absolute Gasteiger partial charge is 0.377 e. The molecular formula is C13H16N4O. The van der Waals surface area contributed by atoms with Gasteiger partial charge in [0.1, 0.15) is 11.8 Å². The van der Waals surface area contributed by atoms with E-state index in [4.69, 9.17) is 15.7 Å². The molecule has 5 nitrogen and oxygen atoms in total. The number of aromatic nitrogens is 1. The maximum Gasteiger partial charge on any atom is 0.140 e. The molecule has 1 aromatic heterocycles. The molecule has 18 heavy (non-hydrogen) atoms. The second-order valence-electron chi connectivity index (χ2n) is 4.93. The van der Waals surface area contributed by atoms with E-state index in [0.717, 1.165) is 25.1 Å². The summed E-state index contributed by atoms with van der Waals surface area (Å²) in [6, 6.07) is 5.86. The van der Waals surface area contributed by atoms with Crippen LogP contribution in [0.15, 0.2) is 18.3 Å². The molecule has 2 aliphatic rings. The Balaban J connectivity index is 1.67. The molecule has 0 bridgehead atoms. The van der Waals surface area contributed by atoms with E-state index in [2.05, 4.69) is 10.3 Å². The highest BCUT2D eigenvalue weighted by atomic mass is 16.5. The van der Waals surface area contributed by atoms with Crippen molar-refractivity contribution in [3.05, 3.63) is 24.0 Å². The van der Waals surface area contributed by atoms with Crippen LogP contribution in [0, 0.1) is 17.2 Å². The van der Waals surface area contributed by atoms with E-state index in [9.17, 15) is 0 Å². The van der Waals surface area contributed by atoms with Crippen LogP contribution in [0.1, 0.15) is 18.5 Å². The topological polar surface area (TPSA) is 84.0 Å². The third-order valence-electron chi connectivity index (χ3n) is 3.89. The lowest BCUT2D eigenvalue weighted by molar-refractivity contribution is -0.104. The number of fused-ring (bicyclic) bond motifs is 1. The van der Waals surface area contributed by atoms with Crippen molar-refractivity contribution in [2.24, 2.45) is 11.7 Å². The van der Waals surface area contributed by atoms with Gasteiger partial charge in [-0.05, 0) is 25.0 Å². The third kappa shape index (κ3) is 1.84. The van der Waals surface area contributed by atoms with Crippen molar-refractivity contribution in [3.8, 4) is 6.07 Å². The van der Waals surface area contributed by atoms with E-state index in [-0.39, 0.29) is 18.2 Å². The van der Waals surface area contributed by atoms with Crippen molar-refractivity contribution >= 4 is 5.69 Å². The normalized spacial score (nSPS) is 34.0. The second-order valence-corrected chi connectivity index (χ2v) is 4.93. The maximum atomic E-state index is 8.69. The predicted octanol–water partition coefficient (Wildman–Crippen LogP) is 0.870. The van der Waals surface area contributed by atoms with Crippen molar-refractivity contribution in [1.82, 2.24) is 4.98 Å². The van der Waals surface area contributed by atoms with Gasteiger partial charge in [-0.15, -0.1) is 0 Å². The van der Waals surface area contributed by atoms with Crippen molar-refractivity contribution in [3.63, 3.8) is 0 Å². The van der Waals surface area contributed by atoms with Crippen LogP contribution < -0.4 is 11.1 Å². The monoisotopic (exact) mass is 244 g/mol. The lowest BCUT2D eigenvalue weighted by Crippen LogP contribution is -2.69. The summed E-state index contributed by atoms with van der Waals surface area (Å²) in [7, 11) is 0. The average molecular weight is 244 g/mol. The molecule has 0 amide bonds. The Morgan fingerprint density at radius 1 is 1.50 bits per heavy atom. The van der Waals surface area contributed by atoms with Crippen LogP contribution in [0.4, 0.5) is 5.69 Å². The molecule has 1 saturated heterocycles. The molecule has 2 heterocycles. The second kappa shape index (κ2) is 4.56. The van der Waals surface area contributed by atoms with Gasteiger partial charge in [-0.1, -0.05) is 0 Å². The van der Waals surface area contributed by atoms with Gasteiger partial charge < -0.3 is 15.8 Å². The number of hydrogen-bond acceptors (Lipinski definition) is 5. The van der Waals surface area contributed by atoms with E-state index in [1.807, 2.05) is 12.1 Å². The van der Waals surface area contributed by atoms with Gasteiger partial charge in [0.15, 0.2) is 0 Å². The Hall–Kier alpha value is -1.64. The molecule has 94 valence electrons. The molecular weight excluding hydrogens is 228 g/mol. The van der Waals surface area contributed by atoms with Gasteiger partial charge in [0.2, 0.25) is 0 Å². The zero-order valence-corrected chi connectivity index (χ0v) is 10.0. The lowest BCUT2D eigenvalue weighted by atomic mass is 9.68. The van der Waals surface area contributed by atoms with Gasteiger partial charge in [-0.25, -0.2) is 4.98 Å². The quantitative estimate of drug-likeness (QED) is 0.806. The van der Waals surface area contributed by atoms with E-state index in [1.165, 1.54) is 0 Å². The highest BCUT2D eigenvalue weighted by molar-refractivity contribution is 5.45. The highest BCUT2D eigenvalue weighted by Gasteiger charge is 2.50. The standard InChI is InChI=1S/C13H16N4O/c14-6-8-3-4-9(7-16-8)17-12-11(15)10-2-1-5-18-13(10)12/h3-4,7,10-13,17H,1-2,5,15H2. The number of nitrogens with zero attached hydrogens (tertiary/aromatic N) is 2. The SMILES string of the molecule is N#Cc1ccc(NC2C(N)C3CCCOC32)cn1. The van der Waals surface area contributed by atoms with E-state index >= 15 is 0 Å². The van der Waals surface area contributed by atoms with Gasteiger partial charge >= 0.3 is 0 Å². The molecule has 3 N–H and O–H groups in total. The lowest BCUT2D eigenvalue weighted by Gasteiger charge is -2.52. The van der Waals surface area contributed by atoms with Crippen molar-refractivity contribution in [1.29, 1.82) is 5.26 Å². The summed E-state index contributed by atoms with van der Waals surface area (Å²) in [5, 5.41) is 12.0. The van der Waals surface area contributed by atoms with Gasteiger partial charge in [-0.2, -0.15) is 5.26 Å². The summed E-state index contributed by atoms with van der Waals surface area (Å²) in [5.41, 5.74) is 7.48. The molecule has 1 aromatic rings. The first-order valence-electron chi connectivity index (χ1n) is 6.29. The highest BCUT2D eigenvalue weighted by Crippen LogP contribution is 2.38. The van der Waals surface area contributed by atoms with Gasteiger partial charge in [0, 0.05) is 18.6 Å². The van der Waals surface area contributed by atoms with Gasteiger partial charge in [-0.3, -0.25) is 0 Å². The van der Waals surface area contributed by atoms with Crippen LogP contribution in [0.5, 0.6) is 0 Å². The summed E-state index contributed by atoms with van der Waals surface area (Å²) in [6.07, 6.45) is 4.17. The molecule has 0 spiro atoms. The third-order valence-corrected chi connectivity index (χ3v) is 3.89. The molecule has 0 radical (unpaired) electrons. The van der Waals surface area contributed by atoms with Crippen LogP contribution >= 0.6 is 0 Å². The summed E-state index contributed by atoms with van der Waals surface area (Å²) in [6.45, 7) is 0.831. The number of rotatable bonds is 2. The molecule has 4 atom stereocenters. The summed E-state index contributed by atoms with van der Waals surface area (Å²) in [5.74, 6) is 0.489. The molecule has 0 aromatic carbocycles. The van der Waals surface area contributed by atoms with Gasteiger partial charge in [0.25, 0.3) is 0 Å². The smallest absolute Gasteiger partial charge is 0.140 e. The summed E-state index contributed by atoms with van der Waals surface area (Å²) < 4.78 is 5.76. The zero-order valence-electron chi connectivity index (χ0n) is 10.0. The van der Waals surface area contributed by atoms with Crippen LogP contribution in [0.25, 0.3) is 0 Å². The molecule has 4 unspecified atom stereocenters. The summed E-state index contributed by atoms with van der Waals surface area (Å²) >= 11 is 0. The Morgan fingerprint density at radius 3 is 3.11 bits per heavy atom. The first-order chi connectivity index (χ1) is 8.79. The Kier molecular flexibility index (Phi) is 2.90. The van der Waals surface area contributed by atoms with E-state index in [1.54, 1.807) is 12.3 Å². The summed E-state index contributed by atoms with van der Waals surface area (Å²) in [4.78, 5) is 4.03. The van der Waals surface area contributed by atoms with E-state index < -0.39 is 0 Å². The molecule has 3 rings (SSSR count). The van der Waals surface area contributed by atoms with Crippen molar-refractivity contribution in [2.45, 2.75) is 31.0 Å². The van der Waals surface area contributed by atoms with Crippen LogP contribution in [0.3, 0.4) is 0 Å². The average Bonchev–Trinajstić information content (AvgIpc) is 2.45. The molecule has 1 aliphatic heterocycles. The number of ether oxygens (including phenoxy) is 1. The minimum Gasteiger partial charge on any atom is -0.377 e. The Labute approximate surface area is 106 Å². The molecule has 1 aliphatic carbocycles. The fraction of sp³-hybridized carbons (Fsp3) is 0.538. The number of nitriles is 1. The number of nitrogens with one attached hydrogen (secondary N) is 1. The zero-order chi connectivity index (χ0) is 12.5. The van der Waals surface area contributed by atoms with Crippen molar-refractivity contribution < 1.29 is 4.74 Å². The molecule has 2 fully saturated rings. The van der Waals surface area contributed by atoms with Crippen LogP contribution in [-0.2, 0) is 4.74 Å².